The number of carbonyl (C=O) groups excluding carboxylic acids is 1. The molecule has 3 rings (SSSR count). The number of amides is 1. The number of hydrogen-bond acceptors (Lipinski definition) is 4. The maximum Gasteiger partial charge on any atom is 0.227 e. The van der Waals surface area contributed by atoms with Crippen molar-refractivity contribution < 1.29 is 13.2 Å². The third-order valence-corrected chi connectivity index (χ3v) is 6.77. The Hall–Kier alpha value is -1.41. The molecule has 7 nitrogen and oxygen atoms in total. The number of aromatic nitrogens is 2. The van der Waals surface area contributed by atoms with E-state index >= 15 is 0 Å². The summed E-state index contributed by atoms with van der Waals surface area (Å²) in [5.74, 6) is 0.264. The Kier molecular flexibility index (Phi) is 4.46. The fourth-order valence-corrected chi connectivity index (χ4v) is 5.61. The summed E-state index contributed by atoms with van der Waals surface area (Å²) in [6.45, 7) is 2.50. The van der Waals surface area contributed by atoms with Crippen molar-refractivity contribution >= 4 is 21.6 Å². The minimum absolute atomic E-state index is 0.0621. The van der Waals surface area contributed by atoms with E-state index < -0.39 is 10.0 Å². The number of unbranched alkanes of at least 4 members (excludes halogenated alkanes) is 1. The molecule has 0 spiro atoms. The van der Waals surface area contributed by atoms with Crippen LogP contribution in [0.1, 0.15) is 39.0 Å². The second kappa shape index (κ2) is 6.24. The number of rotatable bonds is 5. The summed E-state index contributed by atoms with van der Waals surface area (Å²) < 4.78 is 28.5. The van der Waals surface area contributed by atoms with E-state index in [-0.39, 0.29) is 23.7 Å². The molecule has 2 aliphatic heterocycles. The van der Waals surface area contributed by atoms with Crippen LogP contribution in [0.4, 0.5) is 5.69 Å². The summed E-state index contributed by atoms with van der Waals surface area (Å²) in [6.07, 6.45) is 6.73. The molecule has 2 saturated heterocycles. The number of nitrogens with zero attached hydrogens (tertiary/aromatic N) is 4. The molecule has 0 radical (unpaired) electrons. The first-order chi connectivity index (χ1) is 10.9. The van der Waals surface area contributed by atoms with Gasteiger partial charge < -0.3 is 4.90 Å². The van der Waals surface area contributed by atoms with Crippen LogP contribution in [0.2, 0.25) is 0 Å². The predicted octanol–water partition coefficient (Wildman–Crippen LogP) is 1.12. The molecule has 0 N–H and O–H groups in total. The van der Waals surface area contributed by atoms with E-state index in [1.807, 2.05) is 20.2 Å². The molecule has 1 aromatic heterocycles. The van der Waals surface area contributed by atoms with Gasteiger partial charge in [0.15, 0.2) is 0 Å². The van der Waals surface area contributed by atoms with E-state index in [2.05, 4.69) is 5.10 Å². The normalized spacial score (nSPS) is 25.8. The third-order valence-electron chi connectivity index (χ3n) is 4.80. The maximum absolute atomic E-state index is 12.6. The van der Waals surface area contributed by atoms with Crippen LogP contribution in [0.15, 0.2) is 12.4 Å². The first-order valence-electron chi connectivity index (χ1n) is 8.24. The van der Waals surface area contributed by atoms with Gasteiger partial charge in [-0.25, -0.2) is 8.42 Å². The van der Waals surface area contributed by atoms with Crippen LogP contribution in [0, 0.1) is 0 Å². The number of carbonyl (C=O) groups is 1. The largest absolute Gasteiger partial charge is 0.305 e. The van der Waals surface area contributed by atoms with Gasteiger partial charge in [0.25, 0.3) is 0 Å². The fourth-order valence-electron chi connectivity index (χ4n) is 3.68. The molecule has 0 aliphatic carbocycles. The fraction of sp³-hybridized carbons (Fsp3) is 0.733. The van der Waals surface area contributed by atoms with Crippen LogP contribution in [-0.2, 0) is 21.9 Å². The minimum Gasteiger partial charge on any atom is -0.305 e. The van der Waals surface area contributed by atoms with Gasteiger partial charge in [-0.2, -0.15) is 9.40 Å². The van der Waals surface area contributed by atoms with E-state index in [1.54, 1.807) is 20.1 Å². The summed E-state index contributed by atoms with van der Waals surface area (Å²) in [4.78, 5) is 14.2. The smallest absolute Gasteiger partial charge is 0.227 e. The zero-order chi connectivity index (χ0) is 16.6. The SMILES string of the molecule is CCCCS(=O)(=O)N1CC[C@@H]2[C@H]1CCC(=O)N2c1cnn(C)c1. The summed E-state index contributed by atoms with van der Waals surface area (Å²) in [5, 5.41) is 4.14. The van der Waals surface area contributed by atoms with E-state index in [0.717, 1.165) is 12.1 Å². The number of piperidine rings is 1. The van der Waals surface area contributed by atoms with Crippen LogP contribution in [-0.4, -0.2) is 52.8 Å². The van der Waals surface area contributed by atoms with Crippen molar-refractivity contribution in [3.05, 3.63) is 12.4 Å². The van der Waals surface area contributed by atoms with Crippen molar-refractivity contribution in [1.29, 1.82) is 0 Å². The lowest BCUT2D eigenvalue weighted by Gasteiger charge is -2.38. The Labute approximate surface area is 137 Å². The lowest BCUT2D eigenvalue weighted by molar-refractivity contribution is -0.120. The summed E-state index contributed by atoms with van der Waals surface area (Å²) >= 11 is 0. The highest BCUT2D eigenvalue weighted by atomic mass is 32.2. The van der Waals surface area contributed by atoms with Crippen molar-refractivity contribution in [2.75, 3.05) is 17.2 Å². The molecule has 1 aromatic rings. The second-order valence-corrected chi connectivity index (χ2v) is 8.42. The van der Waals surface area contributed by atoms with Gasteiger partial charge in [-0.3, -0.25) is 9.48 Å². The van der Waals surface area contributed by atoms with Crippen LogP contribution < -0.4 is 4.90 Å². The topological polar surface area (TPSA) is 75.5 Å². The van der Waals surface area contributed by atoms with Crippen molar-refractivity contribution in [1.82, 2.24) is 14.1 Å². The van der Waals surface area contributed by atoms with Gasteiger partial charge in [-0.05, 0) is 19.3 Å². The average Bonchev–Trinajstić information content (AvgIpc) is 3.11. The first kappa shape index (κ1) is 16.4. The van der Waals surface area contributed by atoms with Crippen molar-refractivity contribution in [3.63, 3.8) is 0 Å². The molecule has 0 saturated carbocycles. The molecule has 1 amide bonds. The van der Waals surface area contributed by atoms with Gasteiger partial charge in [0.1, 0.15) is 0 Å². The van der Waals surface area contributed by atoms with Crippen LogP contribution in [0.25, 0.3) is 0 Å². The van der Waals surface area contributed by atoms with Crippen molar-refractivity contribution in [2.24, 2.45) is 7.05 Å². The number of anilines is 1. The van der Waals surface area contributed by atoms with E-state index in [9.17, 15) is 13.2 Å². The predicted molar refractivity (Wildman–Crippen MR) is 87.5 cm³/mol. The first-order valence-corrected chi connectivity index (χ1v) is 9.85. The third kappa shape index (κ3) is 3.01. The lowest BCUT2D eigenvalue weighted by Crippen LogP contribution is -2.53. The zero-order valence-electron chi connectivity index (χ0n) is 13.7. The minimum atomic E-state index is -3.24. The number of sulfonamides is 1. The molecule has 2 atom stereocenters. The number of hydrogen-bond donors (Lipinski definition) is 0. The molecule has 128 valence electrons. The van der Waals surface area contributed by atoms with E-state index in [0.29, 0.717) is 32.2 Å². The quantitative estimate of drug-likeness (QED) is 0.805. The Balaban J connectivity index is 1.84. The summed E-state index contributed by atoms with van der Waals surface area (Å²) in [7, 11) is -1.42. The number of fused-ring (bicyclic) bond motifs is 1. The maximum atomic E-state index is 12.6. The molecule has 0 aromatic carbocycles. The van der Waals surface area contributed by atoms with Gasteiger partial charge in [-0.15, -0.1) is 0 Å². The molecule has 2 fully saturated rings. The van der Waals surface area contributed by atoms with Crippen LogP contribution >= 0.6 is 0 Å². The molecule has 0 unspecified atom stereocenters. The lowest BCUT2D eigenvalue weighted by atomic mass is 9.96. The van der Waals surface area contributed by atoms with Crippen LogP contribution in [0.5, 0.6) is 0 Å². The molecule has 8 heteroatoms. The van der Waals surface area contributed by atoms with Crippen molar-refractivity contribution in [2.45, 2.75) is 51.1 Å². The molecule has 0 bridgehead atoms. The van der Waals surface area contributed by atoms with Crippen molar-refractivity contribution in [3.8, 4) is 0 Å². The molecular weight excluding hydrogens is 316 g/mol. The molecule has 23 heavy (non-hydrogen) atoms. The molecule has 2 aliphatic rings. The molecule has 3 heterocycles. The monoisotopic (exact) mass is 340 g/mol. The highest BCUT2D eigenvalue weighted by Crippen LogP contribution is 2.36. The Morgan fingerprint density at radius 2 is 2.09 bits per heavy atom. The Bertz CT molecular complexity index is 685. The zero-order valence-corrected chi connectivity index (χ0v) is 14.5. The van der Waals surface area contributed by atoms with Gasteiger partial charge in [-0.1, -0.05) is 13.3 Å². The Morgan fingerprint density at radius 3 is 2.74 bits per heavy atom. The number of aryl methyl sites for hydroxylation is 1. The van der Waals surface area contributed by atoms with Gasteiger partial charge in [0, 0.05) is 32.3 Å². The summed E-state index contributed by atoms with van der Waals surface area (Å²) in [6, 6.07) is -0.174. The average molecular weight is 340 g/mol. The Morgan fingerprint density at radius 1 is 1.30 bits per heavy atom. The summed E-state index contributed by atoms with van der Waals surface area (Å²) in [5.41, 5.74) is 0.764. The highest BCUT2D eigenvalue weighted by molar-refractivity contribution is 7.89. The standard InChI is InChI=1S/C15H24N4O3S/c1-3-4-9-23(21,22)18-8-7-14-13(18)5-6-15(20)19(14)12-10-16-17(2)11-12/h10-11,13-14H,3-9H2,1-2H3/t13-,14-/m1/s1. The van der Waals surface area contributed by atoms with E-state index in [4.69, 9.17) is 0 Å². The van der Waals surface area contributed by atoms with E-state index in [1.165, 1.54) is 0 Å². The van der Waals surface area contributed by atoms with Gasteiger partial charge >= 0.3 is 0 Å². The van der Waals surface area contributed by atoms with Crippen LogP contribution in [0.3, 0.4) is 0 Å². The second-order valence-electron chi connectivity index (χ2n) is 6.38. The molecular formula is C15H24N4O3S. The van der Waals surface area contributed by atoms with Gasteiger partial charge in [0.05, 0.1) is 23.7 Å². The van der Waals surface area contributed by atoms with Gasteiger partial charge in [0.2, 0.25) is 15.9 Å². The highest BCUT2D eigenvalue weighted by Gasteiger charge is 2.47.